The molecule has 1 aliphatic heterocycles. The average molecular weight is 241 g/mol. The van der Waals surface area contributed by atoms with Crippen molar-refractivity contribution in [2.45, 2.75) is 52.1 Å². The Hall–Kier alpha value is -0.610. The second-order valence-electron chi connectivity index (χ2n) is 6.06. The van der Waals surface area contributed by atoms with Gasteiger partial charge in [-0.2, -0.15) is 0 Å². The van der Waals surface area contributed by atoms with Gasteiger partial charge in [0.1, 0.15) is 0 Å². The van der Waals surface area contributed by atoms with Crippen LogP contribution in [-0.4, -0.2) is 37.1 Å². The van der Waals surface area contributed by atoms with Crippen LogP contribution in [0.5, 0.6) is 0 Å². The van der Waals surface area contributed by atoms with Crippen molar-refractivity contribution in [3.63, 3.8) is 0 Å². The molecule has 0 aromatic rings. The molecule has 0 radical (unpaired) electrons. The molecule has 1 aliphatic rings. The second-order valence-corrected chi connectivity index (χ2v) is 6.06. The minimum Gasteiger partial charge on any atom is -0.350 e. The molecule has 1 fully saturated rings. The predicted molar refractivity (Wildman–Crippen MR) is 71.0 cm³/mol. The van der Waals surface area contributed by atoms with Gasteiger partial charge in [0.05, 0.1) is 6.04 Å². The van der Waals surface area contributed by atoms with Gasteiger partial charge in [-0.05, 0) is 66.1 Å². The van der Waals surface area contributed by atoms with Gasteiger partial charge in [0.15, 0.2) is 0 Å². The van der Waals surface area contributed by atoms with E-state index in [1.165, 1.54) is 12.8 Å². The van der Waals surface area contributed by atoms with E-state index in [1.807, 2.05) is 27.7 Å². The van der Waals surface area contributed by atoms with Crippen LogP contribution in [0.2, 0.25) is 0 Å². The van der Waals surface area contributed by atoms with Crippen LogP contribution in [0.1, 0.15) is 40.5 Å². The normalized spacial score (nSPS) is 20.0. The molecular formula is C13H27N3O. The van der Waals surface area contributed by atoms with Crippen molar-refractivity contribution < 1.29 is 4.79 Å². The molecule has 0 aromatic carbocycles. The van der Waals surface area contributed by atoms with Crippen molar-refractivity contribution in [3.8, 4) is 0 Å². The molecule has 0 aromatic heterocycles. The summed E-state index contributed by atoms with van der Waals surface area (Å²) in [5, 5.41) is 9.68. The molecule has 1 unspecified atom stereocenters. The van der Waals surface area contributed by atoms with Gasteiger partial charge < -0.3 is 16.0 Å². The van der Waals surface area contributed by atoms with Gasteiger partial charge in [-0.25, -0.2) is 0 Å². The van der Waals surface area contributed by atoms with Crippen LogP contribution in [0.4, 0.5) is 0 Å². The van der Waals surface area contributed by atoms with Crippen molar-refractivity contribution in [1.29, 1.82) is 0 Å². The molecule has 0 aliphatic carbocycles. The lowest BCUT2D eigenvalue weighted by molar-refractivity contribution is -0.124. The number of nitrogens with one attached hydrogen (secondary N) is 3. The fourth-order valence-corrected chi connectivity index (χ4v) is 2.00. The number of rotatable bonds is 4. The number of amides is 1. The van der Waals surface area contributed by atoms with Gasteiger partial charge >= 0.3 is 0 Å². The summed E-state index contributed by atoms with van der Waals surface area (Å²) in [6.07, 6.45) is 2.42. The number of piperidine rings is 1. The maximum atomic E-state index is 11.8. The molecule has 4 heteroatoms. The zero-order valence-electron chi connectivity index (χ0n) is 11.6. The van der Waals surface area contributed by atoms with Crippen LogP contribution in [0.3, 0.4) is 0 Å². The summed E-state index contributed by atoms with van der Waals surface area (Å²) in [4.78, 5) is 11.8. The smallest absolute Gasteiger partial charge is 0.237 e. The van der Waals surface area contributed by atoms with Crippen molar-refractivity contribution in [2.75, 3.05) is 19.6 Å². The molecule has 100 valence electrons. The Kier molecular flexibility index (Phi) is 5.40. The maximum absolute atomic E-state index is 11.8. The molecule has 0 bridgehead atoms. The van der Waals surface area contributed by atoms with Gasteiger partial charge in [-0.15, -0.1) is 0 Å². The van der Waals surface area contributed by atoms with Crippen molar-refractivity contribution in [1.82, 2.24) is 16.0 Å². The molecule has 17 heavy (non-hydrogen) atoms. The highest BCUT2D eigenvalue weighted by Crippen LogP contribution is 2.10. The van der Waals surface area contributed by atoms with E-state index in [0.29, 0.717) is 5.92 Å². The Morgan fingerprint density at radius 1 is 1.35 bits per heavy atom. The summed E-state index contributed by atoms with van der Waals surface area (Å²) >= 11 is 0. The first-order valence-electron chi connectivity index (χ1n) is 6.64. The largest absolute Gasteiger partial charge is 0.350 e. The van der Waals surface area contributed by atoms with E-state index in [2.05, 4.69) is 16.0 Å². The van der Waals surface area contributed by atoms with E-state index in [9.17, 15) is 4.79 Å². The van der Waals surface area contributed by atoms with Crippen LogP contribution < -0.4 is 16.0 Å². The number of hydrogen-bond acceptors (Lipinski definition) is 3. The number of hydrogen-bond donors (Lipinski definition) is 3. The molecule has 0 saturated carbocycles. The quantitative estimate of drug-likeness (QED) is 0.685. The SMILES string of the molecule is CC(NCC1CCNCC1)C(=O)NC(C)(C)C. The van der Waals surface area contributed by atoms with E-state index in [1.54, 1.807) is 0 Å². The number of carbonyl (C=O) groups excluding carboxylic acids is 1. The van der Waals surface area contributed by atoms with Crippen molar-refractivity contribution >= 4 is 5.91 Å². The summed E-state index contributed by atoms with van der Waals surface area (Å²) in [6, 6.07) is -0.107. The third kappa shape index (κ3) is 6.03. The Morgan fingerprint density at radius 3 is 2.47 bits per heavy atom. The van der Waals surface area contributed by atoms with Crippen LogP contribution in [-0.2, 0) is 4.79 Å². The van der Waals surface area contributed by atoms with Gasteiger partial charge in [0, 0.05) is 5.54 Å². The van der Waals surface area contributed by atoms with E-state index < -0.39 is 0 Å². The Bertz CT molecular complexity index is 242. The summed E-state index contributed by atoms with van der Waals surface area (Å²) < 4.78 is 0. The maximum Gasteiger partial charge on any atom is 0.237 e. The fourth-order valence-electron chi connectivity index (χ4n) is 2.00. The van der Waals surface area contributed by atoms with Crippen LogP contribution >= 0.6 is 0 Å². The molecular weight excluding hydrogens is 214 g/mol. The molecule has 1 saturated heterocycles. The lowest BCUT2D eigenvalue weighted by Gasteiger charge is -2.26. The minimum absolute atomic E-state index is 0.0893. The zero-order chi connectivity index (χ0) is 12.9. The lowest BCUT2D eigenvalue weighted by atomic mass is 9.98. The standard InChI is InChI=1S/C13H27N3O/c1-10(12(17)16-13(2,3)4)15-9-11-5-7-14-8-6-11/h10-11,14-15H,5-9H2,1-4H3,(H,16,17). The van der Waals surface area contributed by atoms with Gasteiger partial charge in [0.2, 0.25) is 5.91 Å². The van der Waals surface area contributed by atoms with Gasteiger partial charge in [-0.3, -0.25) is 4.79 Å². The topological polar surface area (TPSA) is 53.2 Å². The third-order valence-corrected chi connectivity index (χ3v) is 3.06. The first-order valence-corrected chi connectivity index (χ1v) is 6.64. The van der Waals surface area contributed by atoms with Crippen LogP contribution in [0, 0.1) is 5.92 Å². The average Bonchev–Trinajstić information content (AvgIpc) is 2.25. The zero-order valence-corrected chi connectivity index (χ0v) is 11.6. The van der Waals surface area contributed by atoms with E-state index in [4.69, 9.17) is 0 Å². The molecule has 1 atom stereocenters. The first kappa shape index (κ1) is 14.5. The van der Waals surface area contributed by atoms with Crippen LogP contribution in [0.25, 0.3) is 0 Å². The Labute approximate surface area is 105 Å². The lowest BCUT2D eigenvalue weighted by Crippen LogP contribution is -2.50. The van der Waals surface area contributed by atoms with E-state index in [0.717, 1.165) is 19.6 Å². The second kappa shape index (κ2) is 6.36. The van der Waals surface area contributed by atoms with E-state index in [-0.39, 0.29) is 17.5 Å². The highest BCUT2D eigenvalue weighted by molar-refractivity contribution is 5.81. The molecule has 1 amide bonds. The minimum atomic E-state index is -0.151. The summed E-state index contributed by atoms with van der Waals surface area (Å²) in [5.41, 5.74) is -0.151. The highest BCUT2D eigenvalue weighted by Gasteiger charge is 2.20. The number of carbonyl (C=O) groups is 1. The molecule has 1 heterocycles. The van der Waals surface area contributed by atoms with Crippen molar-refractivity contribution in [3.05, 3.63) is 0 Å². The summed E-state index contributed by atoms with van der Waals surface area (Å²) in [5.74, 6) is 0.799. The molecule has 0 spiro atoms. The summed E-state index contributed by atoms with van der Waals surface area (Å²) in [6.45, 7) is 11.1. The Morgan fingerprint density at radius 2 is 1.94 bits per heavy atom. The summed E-state index contributed by atoms with van der Waals surface area (Å²) in [7, 11) is 0. The Balaban J connectivity index is 2.23. The molecule has 4 nitrogen and oxygen atoms in total. The van der Waals surface area contributed by atoms with E-state index >= 15 is 0 Å². The first-order chi connectivity index (χ1) is 7.88. The van der Waals surface area contributed by atoms with Crippen molar-refractivity contribution in [2.24, 2.45) is 5.92 Å². The predicted octanol–water partition coefficient (Wildman–Crippen LogP) is 0.879. The highest BCUT2D eigenvalue weighted by atomic mass is 16.2. The van der Waals surface area contributed by atoms with Gasteiger partial charge in [0.25, 0.3) is 0 Å². The molecule has 3 N–H and O–H groups in total. The molecule has 1 rings (SSSR count). The third-order valence-electron chi connectivity index (χ3n) is 3.06. The van der Waals surface area contributed by atoms with Gasteiger partial charge in [-0.1, -0.05) is 0 Å². The fraction of sp³-hybridized carbons (Fsp3) is 0.923. The van der Waals surface area contributed by atoms with Crippen LogP contribution in [0.15, 0.2) is 0 Å². The monoisotopic (exact) mass is 241 g/mol.